The van der Waals surface area contributed by atoms with Crippen molar-refractivity contribution in [2.75, 3.05) is 31.1 Å². The van der Waals surface area contributed by atoms with E-state index >= 15 is 8.78 Å². The predicted molar refractivity (Wildman–Crippen MR) is 163 cm³/mol. The van der Waals surface area contributed by atoms with Crippen molar-refractivity contribution in [3.8, 4) is 17.2 Å². The SMILES string of the molecule is C[C@](c1ccc(F)cc1F)(n1nn[nH]c1=O)C(F)(F)c1ccc(-c2ccc(C(=O)N3CCN(c4ccc(C#N)cc4)CC3)cc2)cn1. The number of alkyl halides is 2. The monoisotopic (exact) mass is 642 g/mol. The van der Waals surface area contributed by atoms with Gasteiger partial charge in [-0.15, -0.1) is 0 Å². The summed E-state index contributed by atoms with van der Waals surface area (Å²) >= 11 is 0. The number of hydrogen-bond acceptors (Lipinski definition) is 7. The van der Waals surface area contributed by atoms with Crippen LogP contribution in [0.1, 0.15) is 34.1 Å². The van der Waals surface area contributed by atoms with Gasteiger partial charge in [-0.3, -0.25) is 9.78 Å². The first-order chi connectivity index (χ1) is 22.5. The van der Waals surface area contributed by atoms with Gasteiger partial charge in [-0.2, -0.15) is 18.7 Å². The number of halogens is 4. The molecule has 1 atom stereocenters. The molecule has 0 aliphatic carbocycles. The fraction of sp³-hybridized carbons (Fsp3) is 0.212. The van der Waals surface area contributed by atoms with Gasteiger partial charge in [0, 0.05) is 60.8 Å². The molecule has 1 amide bonds. The molecule has 1 saturated heterocycles. The number of carbonyl (C=O) groups excluding carboxylic acids is 1. The summed E-state index contributed by atoms with van der Waals surface area (Å²) in [4.78, 5) is 33.5. The van der Waals surface area contributed by atoms with Crippen LogP contribution in [0.25, 0.3) is 11.1 Å². The Bertz CT molecular complexity index is 2010. The normalized spacial score (nSPS) is 14.8. The lowest BCUT2D eigenvalue weighted by Crippen LogP contribution is -2.52. The number of pyridine rings is 1. The van der Waals surface area contributed by atoms with E-state index in [2.05, 4.69) is 26.4 Å². The molecule has 1 aliphatic heterocycles. The standard InChI is InChI=1S/C33H26F4N8O2/c1-32(45-31(47)40-41-42-45,27-12-9-25(34)18-28(27)35)33(36,37)29-13-8-24(20-39-29)22-4-6-23(7-5-22)30(46)44-16-14-43(15-17-44)26-10-2-21(19-38)3-11-26/h2-13,18,20H,14-17H2,1H3,(H,40,42,47)/t32-/m1/s1. The summed E-state index contributed by atoms with van der Waals surface area (Å²) in [5.74, 6) is -6.46. The highest BCUT2D eigenvalue weighted by atomic mass is 19.3. The molecule has 0 bridgehead atoms. The smallest absolute Gasteiger partial charge is 0.362 e. The van der Waals surface area contributed by atoms with Crippen molar-refractivity contribution < 1.29 is 22.4 Å². The van der Waals surface area contributed by atoms with Gasteiger partial charge in [-0.25, -0.2) is 18.7 Å². The molecule has 1 fully saturated rings. The van der Waals surface area contributed by atoms with Gasteiger partial charge in [-0.1, -0.05) is 24.3 Å². The summed E-state index contributed by atoms with van der Waals surface area (Å²) in [6, 6.07) is 20.6. The van der Waals surface area contributed by atoms with Crippen LogP contribution in [-0.2, 0) is 11.5 Å². The highest BCUT2D eigenvalue weighted by Crippen LogP contribution is 2.47. The van der Waals surface area contributed by atoms with Gasteiger partial charge in [0.1, 0.15) is 17.3 Å². The van der Waals surface area contributed by atoms with E-state index in [1.807, 2.05) is 17.2 Å². The van der Waals surface area contributed by atoms with Crippen LogP contribution >= 0.6 is 0 Å². The van der Waals surface area contributed by atoms with E-state index in [1.54, 1.807) is 41.3 Å². The maximum Gasteiger partial charge on any atom is 0.362 e. The first kappa shape index (κ1) is 31.2. The lowest BCUT2D eigenvalue weighted by molar-refractivity contribution is -0.104. The molecule has 2 aromatic heterocycles. The number of nitrogens with one attached hydrogen (secondary N) is 1. The average Bonchev–Trinajstić information content (AvgIpc) is 3.54. The molecule has 3 heterocycles. The highest BCUT2D eigenvalue weighted by molar-refractivity contribution is 5.95. The maximum atomic E-state index is 16.3. The Hall–Kier alpha value is -5.84. The van der Waals surface area contributed by atoms with Crippen LogP contribution in [-0.4, -0.2) is 62.2 Å². The number of rotatable bonds is 7. The maximum absolute atomic E-state index is 16.3. The van der Waals surface area contributed by atoms with Gasteiger partial charge in [0.05, 0.1) is 11.6 Å². The zero-order valence-corrected chi connectivity index (χ0v) is 24.9. The second kappa shape index (κ2) is 12.2. The van der Waals surface area contributed by atoms with Crippen molar-refractivity contribution in [2.45, 2.75) is 18.4 Å². The lowest BCUT2D eigenvalue weighted by atomic mass is 9.83. The van der Waals surface area contributed by atoms with Crippen LogP contribution in [0.2, 0.25) is 0 Å². The minimum absolute atomic E-state index is 0.139. The third-order valence-corrected chi connectivity index (χ3v) is 8.44. The molecule has 0 spiro atoms. The van der Waals surface area contributed by atoms with Gasteiger partial charge in [-0.05, 0) is 71.4 Å². The second-order valence-electron chi connectivity index (χ2n) is 11.1. The second-order valence-corrected chi connectivity index (χ2v) is 11.1. The molecule has 0 radical (unpaired) electrons. The fourth-order valence-electron chi connectivity index (χ4n) is 5.69. The summed E-state index contributed by atoms with van der Waals surface area (Å²) in [7, 11) is 0. The van der Waals surface area contributed by atoms with E-state index in [9.17, 15) is 18.4 Å². The molecule has 3 aromatic carbocycles. The number of piperazine rings is 1. The van der Waals surface area contributed by atoms with Gasteiger partial charge >= 0.3 is 11.6 Å². The van der Waals surface area contributed by atoms with E-state index in [-0.39, 0.29) is 5.91 Å². The molecular formula is C33H26F4N8O2. The zero-order chi connectivity index (χ0) is 33.3. The summed E-state index contributed by atoms with van der Waals surface area (Å²) in [6.45, 7) is 3.20. The van der Waals surface area contributed by atoms with E-state index in [1.165, 1.54) is 12.3 Å². The quantitative estimate of drug-likeness (QED) is 0.256. The third-order valence-electron chi connectivity index (χ3n) is 8.44. The van der Waals surface area contributed by atoms with E-state index in [4.69, 9.17) is 5.26 Å². The third kappa shape index (κ3) is 5.60. The number of hydrogen-bond donors (Lipinski definition) is 1. The number of benzene rings is 3. The molecule has 238 valence electrons. The number of nitriles is 1. The minimum Gasteiger partial charge on any atom is -0.368 e. The van der Waals surface area contributed by atoms with Crippen molar-refractivity contribution >= 4 is 11.6 Å². The number of carbonyl (C=O) groups is 1. The Kier molecular flexibility index (Phi) is 8.06. The predicted octanol–water partition coefficient (Wildman–Crippen LogP) is 4.70. The Morgan fingerprint density at radius 1 is 0.915 bits per heavy atom. The van der Waals surface area contributed by atoms with E-state index < -0.39 is 40.0 Å². The molecule has 10 nitrogen and oxygen atoms in total. The summed E-state index contributed by atoms with van der Waals surface area (Å²) in [6.07, 6.45) is 1.20. The van der Waals surface area contributed by atoms with Crippen LogP contribution in [0.15, 0.2) is 89.9 Å². The lowest BCUT2D eigenvalue weighted by Gasteiger charge is -2.36. The largest absolute Gasteiger partial charge is 0.368 e. The van der Waals surface area contributed by atoms with Crippen LogP contribution in [0.4, 0.5) is 23.2 Å². The number of H-pyrrole nitrogens is 1. The first-order valence-corrected chi connectivity index (χ1v) is 14.5. The summed E-state index contributed by atoms with van der Waals surface area (Å²) < 4.78 is 61.5. The average molecular weight is 643 g/mol. The molecule has 5 aromatic rings. The van der Waals surface area contributed by atoms with Crippen LogP contribution < -0.4 is 10.6 Å². The van der Waals surface area contributed by atoms with E-state index in [0.29, 0.717) is 59.2 Å². The zero-order valence-electron chi connectivity index (χ0n) is 24.9. The minimum atomic E-state index is -4.04. The number of tetrazole rings is 1. The number of aromatic nitrogens is 5. The highest BCUT2D eigenvalue weighted by Gasteiger charge is 2.58. The number of anilines is 1. The molecule has 6 rings (SSSR count). The topological polar surface area (TPSA) is 124 Å². The van der Waals surface area contributed by atoms with Gasteiger partial charge < -0.3 is 9.80 Å². The molecule has 47 heavy (non-hydrogen) atoms. The summed E-state index contributed by atoms with van der Waals surface area (Å²) in [5, 5.41) is 17.7. The number of aromatic amines is 1. The van der Waals surface area contributed by atoms with E-state index in [0.717, 1.165) is 30.8 Å². The summed E-state index contributed by atoms with van der Waals surface area (Å²) in [5.41, 5.74) is -2.30. The van der Waals surface area contributed by atoms with Crippen molar-refractivity contribution in [1.82, 2.24) is 30.1 Å². The molecule has 1 aliphatic rings. The Labute approximate surface area is 265 Å². The number of nitrogens with zero attached hydrogens (tertiary/aromatic N) is 7. The van der Waals surface area contributed by atoms with Crippen LogP contribution in [0.3, 0.4) is 0 Å². The molecule has 1 N–H and O–H groups in total. The molecular weight excluding hydrogens is 616 g/mol. The van der Waals surface area contributed by atoms with Crippen molar-refractivity contribution in [3.05, 3.63) is 130 Å². The Morgan fingerprint density at radius 2 is 1.60 bits per heavy atom. The van der Waals surface area contributed by atoms with Gasteiger partial charge in [0.2, 0.25) is 0 Å². The fourth-order valence-corrected chi connectivity index (χ4v) is 5.69. The molecule has 0 saturated carbocycles. The Morgan fingerprint density at radius 3 is 2.17 bits per heavy atom. The van der Waals surface area contributed by atoms with Crippen molar-refractivity contribution in [2.24, 2.45) is 0 Å². The van der Waals surface area contributed by atoms with Gasteiger partial charge in [0.15, 0.2) is 5.54 Å². The van der Waals surface area contributed by atoms with Crippen LogP contribution in [0, 0.1) is 23.0 Å². The molecule has 14 heteroatoms. The Balaban J connectivity index is 1.19. The number of amides is 1. The first-order valence-electron chi connectivity index (χ1n) is 14.5. The van der Waals surface area contributed by atoms with Crippen molar-refractivity contribution in [1.29, 1.82) is 5.26 Å². The van der Waals surface area contributed by atoms with Crippen LogP contribution in [0.5, 0.6) is 0 Å². The van der Waals surface area contributed by atoms with Crippen molar-refractivity contribution in [3.63, 3.8) is 0 Å². The van der Waals surface area contributed by atoms with Gasteiger partial charge in [0.25, 0.3) is 5.91 Å². The molecule has 0 unspecified atom stereocenters.